The second-order valence-corrected chi connectivity index (χ2v) is 6.10. The maximum Gasteiger partial charge on any atom is 0.328 e. The zero-order chi connectivity index (χ0) is 16.0. The first kappa shape index (κ1) is 17.6. The predicted molar refractivity (Wildman–Crippen MR) is 84.5 cm³/mol. The van der Waals surface area contributed by atoms with Gasteiger partial charge in [0.2, 0.25) is 0 Å². The predicted octanol–water partition coefficient (Wildman–Crippen LogP) is 1.65. The topological polar surface area (TPSA) is 74.7 Å². The van der Waals surface area contributed by atoms with Gasteiger partial charge in [-0.15, -0.1) is 0 Å². The van der Waals surface area contributed by atoms with Crippen LogP contribution < -0.4 is 10.1 Å². The van der Waals surface area contributed by atoms with Gasteiger partial charge in [-0.1, -0.05) is 12.8 Å². The number of carbonyl (C=O) groups is 1. The third-order valence-corrected chi connectivity index (χ3v) is 3.71. The molecule has 0 aromatic carbocycles. The fourth-order valence-corrected chi connectivity index (χ4v) is 1.79. The van der Waals surface area contributed by atoms with Gasteiger partial charge in [-0.25, -0.2) is 4.79 Å². The Bertz CT molecular complexity index is 477. The minimum Gasteiger partial charge on any atom is -0.495 e. The number of rotatable bonds is 5. The summed E-state index contributed by atoms with van der Waals surface area (Å²) in [5.41, 5.74) is 0.454. The van der Waals surface area contributed by atoms with Gasteiger partial charge < -0.3 is 15.2 Å². The molecule has 1 heterocycles. The summed E-state index contributed by atoms with van der Waals surface area (Å²) in [4.78, 5) is 16.1. The highest BCUT2D eigenvalue weighted by atomic mass is 32.1. The van der Waals surface area contributed by atoms with Crippen molar-refractivity contribution in [1.82, 2.24) is 14.6 Å². The number of methoxy groups -OCH3 is 1. The number of aliphatic hydroxyl groups excluding tert-OH is 1. The second kappa shape index (κ2) is 7.51. The quantitative estimate of drug-likeness (QED) is 0.723. The van der Waals surface area contributed by atoms with Crippen LogP contribution in [0.3, 0.4) is 0 Å². The molecule has 2 N–H and O–H groups in total. The zero-order valence-corrected chi connectivity index (χ0v) is 13.7. The Kier molecular flexibility index (Phi) is 6.29. The fourth-order valence-electron chi connectivity index (χ4n) is 1.73. The molecule has 6 nitrogen and oxygen atoms in total. The number of pyridine rings is 1. The van der Waals surface area contributed by atoms with Crippen LogP contribution in [0.2, 0.25) is 0 Å². The number of amides is 2. The largest absolute Gasteiger partial charge is 0.495 e. The lowest BCUT2D eigenvalue weighted by Crippen LogP contribution is -2.49. The highest BCUT2D eigenvalue weighted by Gasteiger charge is 2.25. The molecule has 1 aromatic heterocycles. The second-order valence-electron chi connectivity index (χ2n) is 5.70. The van der Waals surface area contributed by atoms with Crippen molar-refractivity contribution in [1.29, 1.82) is 0 Å². The number of hydrogen-bond acceptors (Lipinski definition) is 5. The van der Waals surface area contributed by atoms with Gasteiger partial charge in [0.25, 0.3) is 0 Å². The Labute approximate surface area is 131 Å². The number of carbonyl (C=O) groups excluding carboxylic acids is 1. The molecule has 0 aliphatic rings. The lowest BCUT2D eigenvalue weighted by Gasteiger charge is -2.31. The first-order valence-corrected chi connectivity index (χ1v) is 7.07. The summed E-state index contributed by atoms with van der Waals surface area (Å²) in [6.45, 7) is 5.45. The third-order valence-electron chi connectivity index (χ3n) is 2.93. The monoisotopic (exact) mass is 313 g/mol. The number of hydrogen-bond donors (Lipinski definition) is 3. The van der Waals surface area contributed by atoms with Crippen molar-refractivity contribution < 1.29 is 14.6 Å². The van der Waals surface area contributed by atoms with Gasteiger partial charge in [0.05, 0.1) is 26.0 Å². The Morgan fingerprint density at radius 3 is 2.76 bits per heavy atom. The molecule has 7 heteroatoms. The molecule has 1 unspecified atom stereocenters. The summed E-state index contributed by atoms with van der Waals surface area (Å²) in [5.74, 6) is 0.628. The zero-order valence-electron chi connectivity index (χ0n) is 12.8. The highest BCUT2D eigenvalue weighted by molar-refractivity contribution is 7.78. The van der Waals surface area contributed by atoms with Crippen molar-refractivity contribution >= 4 is 18.8 Å². The molecule has 0 radical (unpaired) electrons. The Balaban J connectivity index is 2.74. The Hall–Kier alpha value is -1.47. The van der Waals surface area contributed by atoms with Crippen LogP contribution in [-0.4, -0.2) is 45.7 Å². The summed E-state index contributed by atoms with van der Waals surface area (Å²) in [5, 5.41) is 12.2. The van der Waals surface area contributed by atoms with Crippen molar-refractivity contribution in [2.75, 3.05) is 13.7 Å². The number of aliphatic hydroxyl groups is 1. The molecular formula is C14H23N3O3S. The lowest BCUT2D eigenvalue weighted by molar-refractivity contribution is 0.186. The molecule has 1 atom stereocenters. The van der Waals surface area contributed by atoms with Gasteiger partial charge in [0, 0.05) is 11.7 Å². The summed E-state index contributed by atoms with van der Waals surface area (Å²) in [6, 6.07) is 1.03. The fraction of sp³-hybridized carbons (Fsp3) is 0.571. The normalized spacial score (nSPS) is 12.7. The minimum atomic E-state index is -0.425. The van der Waals surface area contributed by atoms with Gasteiger partial charge in [-0.3, -0.25) is 9.29 Å². The van der Waals surface area contributed by atoms with E-state index in [2.05, 4.69) is 23.1 Å². The molecule has 0 bridgehead atoms. The van der Waals surface area contributed by atoms with Crippen molar-refractivity contribution in [2.45, 2.75) is 38.8 Å². The van der Waals surface area contributed by atoms with Crippen LogP contribution in [0, 0.1) is 0 Å². The number of thiol groups is 1. The van der Waals surface area contributed by atoms with E-state index in [4.69, 9.17) is 4.74 Å². The molecule has 0 saturated heterocycles. The van der Waals surface area contributed by atoms with Crippen LogP contribution >= 0.6 is 12.8 Å². The molecule has 118 valence electrons. The van der Waals surface area contributed by atoms with E-state index in [1.54, 1.807) is 25.6 Å². The van der Waals surface area contributed by atoms with Crippen LogP contribution in [0.15, 0.2) is 18.5 Å². The molecule has 1 rings (SSSR count). The minimum absolute atomic E-state index is 0.178. The van der Waals surface area contributed by atoms with E-state index in [0.717, 1.165) is 5.56 Å². The first-order valence-electron chi connectivity index (χ1n) is 6.67. The summed E-state index contributed by atoms with van der Waals surface area (Å²) < 4.78 is 6.52. The van der Waals surface area contributed by atoms with Gasteiger partial charge in [0.15, 0.2) is 0 Å². The maximum absolute atomic E-state index is 12.1. The third kappa shape index (κ3) is 5.09. The van der Waals surface area contributed by atoms with Crippen LogP contribution in [0.4, 0.5) is 4.79 Å². The number of urea groups is 1. The summed E-state index contributed by atoms with van der Waals surface area (Å²) >= 11 is 4.19. The molecule has 2 amide bonds. The van der Waals surface area contributed by atoms with E-state index >= 15 is 0 Å². The average Bonchev–Trinajstić information content (AvgIpc) is 2.45. The van der Waals surface area contributed by atoms with Crippen molar-refractivity contribution in [3.05, 3.63) is 24.0 Å². The summed E-state index contributed by atoms with van der Waals surface area (Å²) in [7, 11) is 1.56. The Morgan fingerprint density at radius 1 is 1.57 bits per heavy atom. The summed E-state index contributed by atoms with van der Waals surface area (Å²) in [6.07, 6.45) is 3.69. The molecule has 21 heavy (non-hydrogen) atoms. The molecule has 0 spiro atoms. The van der Waals surface area contributed by atoms with Gasteiger partial charge in [-0.05, 0) is 38.8 Å². The van der Waals surface area contributed by atoms with Crippen molar-refractivity contribution in [3.8, 4) is 5.75 Å². The van der Waals surface area contributed by atoms with Crippen molar-refractivity contribution in [3.63, 3.8) is 0 Å². The van der Waals surface area contributed by atoms with Crippen molar-refractivity contribution in [2.24, 2.45) is 0 Å². The van der Waals surface area contributed by atoms with Crippen LogP contribution in [0.1, 0.15) is 26.3 Å². The van der Waals surface area contributed by atoms with E-state index in [1.807, 2.05) is 20.8 Å². The van der Waals surface area contributed by atoms with E-state index < -0.39 is 11.6 Å². The number of aromatic nitrogens is 1. The molecule has 0 fully saturated rings. The lowest BCUT2D eigenvalue weighted by atomic mass is 10.1. The number of nitrogens with zero attached hydrogens (tertiary/aromatic N) is 2. The van der Waals surface area contributed by atoms with Gasteiger partial charge in [0.1, 0.15) is 5.75 Å². The SMILES string of the molecule is COc1cnccc1CC(CO)NC(=O)N(S)C(C)(C)C. The van der Waals surface area contributed by atoms with Gasteiger partial charge in [-0.2, -0.15) is 0 Å². The van der Waals surface area contributed by atoms with E-state index in [1.165, 1.54) is 4.31 Å². The molecular weight excluding hydrogens is 290 g/mol. The van der Waals surface area contributed by atoms with Crippen LogP contribution in [0.25, 0.3) is 0 Å². The smallest absolute Gasteiger partial charge is 0.328 e. The van der Waals surface area contributed by atoms with E-state index in [9.17, 15) is 9.90 Å². The van der Waals surface area contributed by atoms with Crippen LogP contribution in [0.5, 0.6) is 5.75 Å². The number of nitrogens with one attached hydrogen (secondary N) is 1. The Morgan fingerprint density at radius 2 is 2.24 bits per heavy atom. The van der Waals surface area contributed by atoms with Crippen LogP contribution in [-0.2, 0) is 6.42 Å². The standard InChI is InChI=1S/C14H23N3O3S/c1-14(2,3)17(21)13(19)16-11(9-18)7-10-5-6-15-8-12(10)20-4/h5-6,8,11,18,21H,7,9H2,1-4H3,(H,16,19). The maximum atomic E-state index is 12.1. The first-order chi connectivity index (χ1) is 9.79. The number of ether oxygens (including phenoxy) is 1. The van der Waals surface area contributed by atoms with E-state index in [-0.39, 0.29) is 12.6 Å². The average molecular weight is 313 g/mol. The molecule has 0 aliphatic heterocycles. The molecule has 0 aliphatic carbocycles. The highest BCUT2D eigenvalue weighted by Crippen LogP contribution is 2.19. The van der Waals surface area contributed by atoms with E-state index in [0.29, 0.717) is 12.2 Å². The molecule has 1 aromatic rings. The molecule has 0 saturated carbocycles. The van der Waals surface area contributed by atoms with Gasteiger partial charge >= 0.3 is 6.03 Å².